The highest BCUT2D eigenvalue weighted by Gasteiger charge is 2.15. The van der Waals surface area contributed by atoms with Gasteiger partial charge in [-0.3, -0.25) is 0 Å². The first-order valence-electron chi connectivity index (χ1n) is 4.62. The van der Waals surface area contributed by atoms with E-state index in [0.29, 0.717) is 11.4 Å². The number of nitrogen functional groups attached to an aromatic ring is 1. The Labute approximate surface area is 91.8 Å². The molecule has 0 saturated heterocycles. The summed E-state index contributed by atoms with van der Waals surface area (Å²) >= 11 is 0. The first-order valence-corrected chi connectivity index (χ1v) is 4.62. The quantitative estimate of drug-likeness (QED) is 0.788. The van der Waals surface area contributed by atoms with E-state index in [1.807, 2.05) is 6.07 Å². The lowest BCUT2D eigenvalue weighted by molar-refractivity contribution is 0.629. The van der Waals surface area contributed by atoms with Gasteiger partial charge in [0, 0.05) is 7.05 Å². The molecule has 0 bridgehead atoms. The summed E-state index contributed by atoms with van der Waals surface area (Å²) in [5, 5.41) is 8.77. The van der Waals surface area contributed by atoms with E-state index in [1.165, 1.54) is 10.6 Å². The van der Waals surface area contributed by atoms with Gasteiger partial charge in [-0.2, -0.15) is 5.26 Å². The zero-order chi connectivity index (χ0) is 11.7. The van der Waals surface area contributed by atoms with Crippen LogP contribution in [0.1, 0.15) is 5.69 Å². The monoisotopic (exact) mass is 216 g/mol. The van der Waals surface area contributed by atoms with Crippen molar-refractivity contribution in [2.24, 2.45) is 7.05 Å². The number of nitriles is 1. The third-order valence-corrected chi connectivity index (χ3v) is 2.36. The highest BCUT2D eigenvalue weighted by Crippen LogP contribution is 2.24. The van der Waals surface area contributed by atoms with Crippen molar-refractivity contribution in [2.75, 3.05) is 5.73 Å². The molecule has 0 aliphatic carbocycles. The van der Waals surface area contributed by atoms with Gasteiger partial charge in [-0.05, 0) is 12.1 Å². The Balaban J connectivity index is 2.67. The lowest BCUT2D eigenvalue weighted by atomic mass is 10.2. The minimum Gasteiger partial charge on any atom is -0.383 e. The van der Waals surface area contributed by atoms with Crippen LogP contribution in [0.2, 0.25) is 0 Å². The Morgan fingerprint density at radius 3 is 2.69 bits per heavy atom. The van der Waals surface area contributed by atoms with Gasteiger partial charge < -0.3 is 10.3 Å². The van der Waals surface area contributed by atoms with E-state index in [9.17, 15) is 4.39 Å². The van der Waals surface area contributed by atoms with E-state index in [2.05, 4.69) is 4.98 Å². The Kier molecular flexibility index (Phi) is 2.33. The number of aromatic nitrogens is 2. The maximum atomic E-state index is 13.5. The minimum atomic E-state index is -0.389. The molecule has 1 aromatic carbocycles. The van der Waals surface area contributed by atoms with Gasteiger partial charge in [-0.25, -0.2) is 9.37 Å². The number of nitrogens with zero attached hydrogens (tertiary/aromatic N) is 3. The molecule has 4 nitrogen and oxygen atoms in total. The van der Waals surface area contributed by atoms with E-state index in [1.54, 1.807) is 25.2 Å². The summed E-state index contributed by atoms with van der Waals surface area (Å²) in [6.07, 6.45) is 0. The number of imidazole rings is 1. The molecule has 0 unspecified atom stereocenters. The van der Waals surface area contributed by atoms with E-state index in [0.717, 1.165) is 0 Å². The molecule has 5 heteroatoms. The van der Waals surface area contributed by atoms with Gasteiger partial charge >= 0.3 is 0 Å². The lowest BCUT2D eigenvalue weighted by Gasteiger charge is -2.03. The molecular weight excluding hydrogens is 207 g/mol. The van der Waals surface area contributed by atoms with Crippen LogP contribution < -0.4 is 5.73 Å². The van der Waals surface area contributed by atoms with Crippen LogP contribution >= 0.6 is 0 Å². The summed E-state index contributed by atoms with van der Waals surface area (Å²) < 4.78 is 15.0. The molecule has 16 heavy (non-hydrogen) atoms. The molecule has 0 fully saturated rings. The van der Waals surface area contributed by atoms with Crippen molar-refractivity contribution in [3.63, 3.8) is 0 Å². The Morgan fingerprint density at radius 2 is 2.12 bits per heavy atom. The second kappa shape index (κ2) is 3.66. The van der Waals surface area contributed by atoms with Gasteiger partial charge in [0.1, 0.15) is 23.5 Å². The second-order valence-electron chi connectivity index (χ2n) is 3.32. The van der Waals surface area contributed by atoms with Crippen LogP contribution in [0.5, 0.6) is 0 Å². The molecule has 0 atom stereocenters. The van der Waals surface area contributed by atoms with Crippen molar-refractivity contribution in [1.29, 1.82) is 5.26 Å². The van der Waals surface area contributed by atoms with Gasteiger partial charge in [-0.1, -0.05) is 12.1 Å². The Morgan fingerprint density at radius 1 is 1.44 bits per heavy atom. The molecule has 0 spiro atoms. The number of hydrogen-bond donors (Lipinski definition) is 1. The molecule has 80 valence electrons. The molecule has 0 saturated carbocycles. The smallest absolute Gasteiger partial charge is 0.183 e. The maximum absolute atomic E-state index is 13.5. The Hall–Kier alpha value is -2.35. The average molecular weight is 216 g/mol. The van der Waals surface area contributed by atoms with Crippen molar-refractivity contribution in [1.82, 2.24) is 9.55 Å². The fourth-order valence-corrected chi connectivity index (χ4v) is 1.48. The topological polar surface area (TPSA) is 67.6 Å². The van der Waals surface area contributed by atoms with Crippen LogP contribution in [0, 0.1) is 17.1 Å². The summed E-state index contributed by atoms with van der Waals surface area (Å²) in [4.78, 5) is 4.00. The molecule has 2 rings (SSSR count). The number of nitrogens with two attached hydrogens (primary N) is 1. The van der Waals surface area contributed by atoms with Gasteiger partial charge in [-0.15, -0.1) is 0 Å². The van der Waals surface area contributed by atoms with E-state index in [4.69, 9.17) is 11.0 Å². The standard InChI is InChI=1S/C11H9FN4/c1-16-10(14)9(6-13)15-11(16)7-4-2-3-5-8(7)12/h2-5H,14H2,1H3. The van der Waals surface area contributed by atoms with Crippen LogP contribution in [-0.2, 0) is 7.05 Å². The summed E-state index contributed by atoms with van der Waals surface area (Å²) in [6.45, 7) is 0. The highest BCUT2D eigenvalue weighted by molar-refractivity contribution is 5.62. The predicted molar refractivity (Wildman–Crippen MR) is 57.7 cm³/mol. The highest BCUT2D eigenvalue weighted by atomic mass is 19.1. The first kappa shape index (κ1) is 10.2. The summed E-state index contributed by atoms with van der Waals surface area (Å²) in [5.41, 5.74) is 6.10. The van der Waals surface area contributed by atoms with Crippen LogP contribution in [0.25, 0.3) is 11.4 Å². The average Bonchev–Trinajstić information content (AvgIpc) is 2.57. The summed E-state index contributed by atoms with van der Waals surface area (Å²) in [6, 6.07) is 8.10. The number of hydrogen-bond acceptors (Lipinski definition) is 3. The zero-order valence-electron chi connectivity index (χ0n) is 8.61. The van der Waals surface area contributed by atoms with Gasteiger partial charge in [0.15, 0.2) is 5.69 Å². The van der Waals surface area contributed by atoms with Crippen molar-refractivity contribution in [3.05, 3.63) is 35.8 Å². The fraction of sp³-hybridized carbons (Fsp3) is 0.0909. The van der Waals surface area contributed by atoms with Crippen LogP contribution in [0.3, 0.4) is 0 Å². The van der Waals surface area contributed by atoms with Gasteiger partial charge in [0.2, 0.25) is 0 Å². The summed E-state index contributed by atoms with van der Waals surface area (Å²) in [5.74, 6) is 0.202. The zero-order valence-corrected chi connectivity index (χ0v) is 8.61. The number of benzene rings is 1. The molecule has 0 aliphatic rings. The second-order valence-corrected chi connectivity index (χ2v) is 3.32. The molecule has 1 aromatic heterocycles. The van der Waals surface area contributed by atoms with E-state index in [-0.39, 0.29) is 17.3 Å². The number of anilines is 1. The molecule has 1 heterocycles. The van der Waals surface area contributed by atoms with Crippen molar-refractivity contribution in [3.8, 4) is 17.5 Å². The first-order chi connectivity index (χ1) is 7.65. The molecule has 0 aliphatic heterocycles. The Bertz CT molecular complexity index is 580. The number of rotatable bonds is 1. The minimum absolute atomic E-state index is 0.112. The third kappa shape index (κ3) is 1.41. The molecular formula is C11H9FN4. The molecule has 0 radical (unpaired) electrons. The van der Waals surface area contributed by atoms with E-state index >= 15 is 0 Å². The van der Waals surface area contributed by atoms with Crippen LogP contribution in [-0.4, -0.2) is 9.55 Å². The van der Waals surface area contributed by atoms with Crippen LogP contribution in [0.15, 0.2) is 24.3 Å². The molecule has 0 amide bonds. The molecule has 2 aromatic rings. The maximum Gasteiger partial charge on any atom is 0.183 e. The SMILES string of the molecule is Cn1c(-c2ccccc2F)nc(C#N)c1N. The fourth-order valence-electron chi connectivity index (χ4n) is 1.48. The van der Waals surface area contributed by atoms with Crippen molar-refractivity contribution >= 4 is 5.82 Å². The normalized spacial score (nSPS) is 10.1. The third-order valence-electron chi connectivity index (χ3n) is 2.36. The molecule has 2 N–H and O–H groups in total. The lowest BCUT2D eigenvalue weighted by Crippen LogP contribution is -1.99. The van der Waals surface area contributed by atoms with Gasteiger partial charge in [0.25, 0.3) is 0 Å². The van der Waals surface area contributed by atoms with E-state index < -0.39 is 0 Å². The summed E-state index contributed by atoms with van der Waals surface area (Å²) in [7, 11) is 1.64. The largest absolute Gasteiger partial charge is 0.383 e. The van der Waals surface area contributed by atoms with Crippen LogP contribution in [0.4, 0.5) is 10.2 Å². The van der Waals surface area contributed by atoms with Crippen molar-refractivity contribution < 1.29 is 4.39 Å². The van der Waals surface area contributed by atoms with Crippen molar-refractivity contribution in [2.45, 2.75) is 0 Å². The van der Waals surface area contributed by atoms with Gasteiger partial charge in [0.05, 0.1) is 5.56 Å². The predicted octanol–water partition coefficient (Wildman–Crippen LogP) is 1.68. The number of halogens is 1.